The van der Waals surface area contributed by atoms with Crippen molar-refractivity contribution in [2.75, 3.05) is 11.5 Å². The number of barbiturate groups is 1. The van der Waals surface area contributed by atoms with Crippen LogP contribution in [0.4, 0.5) is 4.79 Å². The van der Waals surface area contributed by atoms with Crippen molar-refractivity contribution in [3.63, 3.8) is 0 Å². The van der Waals surface area contributed by atoms with E-state index >= 15 is 0 Å². The van der Waals surface area contributed by atoms with Crippen molar-refractivity contribution in [3.05, 3.63) is 11.6 Å². The Bertz CT molecular complexity index is 425. The predicted molar refractivity (Wildman–Crippen MR) is 73.7 cm³/mol. The molecule has 0 radical (unpaired) electrons. The Balaban J connectivity index is 2.37. The molecule has 1 aliphatic carbocycles. The van der Waals surface area contributed by atoms with Crippen molar-refractivity contribution in [1.82, 2.24) is 10.6 Å². The molecule has 1 aliphatic heterocycles. The number of rotatable bonds is 4. The molecule has 1 saturated heterocycles. The third-order valence-corrected chi connectivity index (χ3v) is 4.64. The second kappa shape index (κ2) is 5.77. The minimum atomic E-state index is -1.20. The monoisotopic (exact) mass is 282 g/mol. The Labute approximate surface area is 116 Å². The first-order chi connectivity index (χ1) is 9.11. The van der Waals surface area contributed by atoms with Crippen LogP contribution in [-0.2, 0) is 9.59 Å². The molecule has 0 aromatic carbocycles. The Morgan fingerprint density at radius 1 is 1.21 bits per heavy atom. The standard InChI is InChI=1S/C13H18N2O3S/c1-2-19-8-13(9-6-4-3-5-7-9)10(16)14-12(18)15-11(13)17/h6H,2-5,7-8H2,1H3,(H2,14,15,16,17,18). The molecule has 1 heterocycles. The van der Waals surface area contributed by atoms with E-state index in [1.165, 1.54) is 0 Å². The maximum Gasteiger partial charge on any atom is 0.328 e. The summed E-state index contributed by atoms with van der Waals surface area (Å²) in [7, 11) is 0. The molecule has 19 heavy (non-hydrogen) atoms. The maximum atomic E-state index is 12.3. The molecular weight excluding hydrogens is 264 g/mol. The SMILES string of the molecule is CCSCC1(C2=CCCCC2)C(=O)NC(=O)NC1=O. The van der Waals surface area contributed by atoms with E-state index in [0.717, 1.165) is 37.0 Å². The zero-order chi connectivity index (χ0) is 13.9. The quantitative estimate of drug-likeness (QED) is 0.606. The normalized spacial score (nSPS) is 22.6. The van der Waals surface area contributed by atoms with Crippen LogP contribution in [-0.4, -0.2) is 29.4 Å². The first kappa shape index (κ1) is 14.1. The van der Waals surface area contributed by atoms with Gasteiger partial charge in [0.25, 0.3) is 0 Å². The van der Waals surface area contributed by atoms with Crippen LogP contribution in [0.5, 0.6) is 0 Å². The number of amides is 4. The highest BCUT2D eigenvalue weighted by Crippen LogP contribution is 2.39. The summed E-state index contributed by atoms with van der Waals surface area (Å²) in [6.07, 6.45) is 5.71. The summed E-state index contributed by atoms with van der Waals surface area (Å²) in [5.74, 6) is 0.259. The molecule has 1 fully saturated rings. The molecule has 0 spiro atoms. The summed E-state index contributed by atoms with van der Waals surface area (Å²) >= 11 is 1.54. The molecular formula is C13H18N2O3S. The van der Waals surface area contributed by atoms with E-state index in [2.05, 4.69) is 10.6 Å². The zero-order valence-corrected chi connectivity index (χ0v) is 11.8. The van der Waals surface area contributed by atoms with Crippen LogP contribution < -0.4 is 10.6 Å². The molecule has 0 aromatic rings. The van der Waals surface area contributed by atoms with Crippen molar-refractivity contribution in [3.8, 4) is 0 Å². The minimum absolute atomic E-state index is 0.389. The molecule has 0 atom stereocenters. The molecule has 4 amide bonds. The van der Waals surface area contributed by atoms with Crippen LogP contribution in [0, 0.1) is 5.41 Å². The van der Waals surface area contributed by atoms with Gasteiger partial charge in [-0.2, -0.15) is 11.8 Å². The summed E-state index contributed by atoms with van der Waals surface area (Å²) in [5.41, 5.74) is -0.336. The predicted octanol–water partition coefficient (Wildman–Crippen LogP) is 1.59. The summed E-state index contributed by atoms with van der Waals surface area (Å²) in [5, 5.41) is 4.49. The molecule has 2 rings (SSSR count). The van der Waals surface area contributed by atoms with Gasteiger partial charge in [0, 0.05) is 5.75 Å². The molecule has 104 valence electrons. The number of hydrogen-bond acceptors (Lipinski definition) is 4. The van der Waals surface area contributed by atoms with E-state index < -0.39 is 23.3 Å². The number of carbonyl (C=O) groups excluding carboxylic acids is 3. The lowest BCUT2D eigenvalue weighted by molar-refractivity contribution is -0.140. The molecule has 2 N–H and O–H groups in total. The molecule has 6 heteroatoms. The first-order valence-electron chi connectivity index (χ1n) is 6.55. The zero-order valence-electron chi connectivity index (χ0n) is 11.0. The molecule has 2 aliphatic rings. The molecule has 0 bridgehead atoms. The maximum absolute atomic E-state index is 12.3. The van der Waals surface area contributed by atoms with Gasteiger partial charge in [0.15, 0.2) is 5.41 Å². The van der Waals surface area contributed by atoms with E-state index in [1.807, 2.05) is 13.0 Å². The lowest BCUT2D eigenvalue weighted by Gasteiger charge is -2.37. The third-order valence-electron chi connectivity index (χ3n) is 3.59. The highest BCUT2D eigenvalue weighted by atomic mass is 32.2. The van der Waals surface area contributed by atoms with Crippen molar-refractivity contribution < 1.29 is 14.4 Å². The number of hydrogen-bond donors (Lipinski definition) is 2. The number of allylic oxidation sites excluding steroid dienone is 1. The fourth-order valence-corrected chi connectivity index (χ4v) is 3.51. The van der Waals surface area contributed by atoms with Gasteiger partial charge >= 0.3 is 6.03 Å². The highest BCUT2D eigenvalue weighted by Gasteiger charge is 2.52. The summed E-state index contributed by atoms with van der Waals surface area (Å²) in [4.78, 5) is 35.8. The van der Waals surface area contributed by atoms with Crippen LogP contribution in [0.2, 0.25) is 0 Å². The average Bonchev–Trinajstić information content (AvgIpc) is 2.39. The number of carbonyl (C=O) groups is 3. The average molecular weight is 282 g/mol. The lowest BCUT2D eigenvalue weighted by Crippen LogP contribution is -2.64. The van der Waals surface area contributed by atoms with Gasteiger partial charge < -0.3 is 0 Å². The lowest BCUT2D eigenvalue weighted by atomic mass is 9.74. The fourth-order valence-electron chi connectivity index (χ4n) is 2.55. The van der Waals surface area contributed by atoms with Crippen LogP contribution in [0.15, 0.2) is 11.6 Å². The molecule has 0 unspecified atom stereocenters. The van der Waals surface area contributed by atoms with E-state index in [4.69, 9.17) is 0 Å². The largest absolute Gasteiger partial charge is 0.328 e. The Morgan fingerprint density at radius 3 is 2.42 bits per heavy atom. The Morgan fingerprint density at radius 2 is 1.89 bits per heavy atom. The van der Waals surface area contributed by atoms with Crippen molar-refractivity contribution in [1.29, 1.82) is 0 Å². The highest BCUT2D eigenvalue weighted by molar-refractivity contribution is 7.99. The van der Waals surface area contributed by atoms with Gasteiger partial charge in [-0.15, -0.1) is 0 Å². The van der Waals surface area contributed by atoms with Crippen LogP contribution in [0.3, 0.4) is 0 Å². The van der Waals surface area contributed by atoms with E-state index in [-0.39, 0.29) is 0 Å². The second-order valence-electron chi connectivity index (χ2n) is 4.75. The number of thioether (sulfide) groups is 1. The summed E-state index contributed by atoms with van der Waals surface area (Å²) in [6, 6.07) is -0.719. The van der Waals surface area contributed by atoms with Gasteiger partial charge in [0.05, 0.1) is 0 Å². The van der Waals surface area contributed by atoms with Gasteiger partial charge in [-0.3, -0.25) is 20.2 Å². The van der Waals surface area contributed by atoms with Crippen LogP contribution >= 0.6 is 11.8 Å². The van der Waals surface area contributed by atoms with E-state index in [1.54, 1.807) is 11.8 Å². The van der Waals surface area contributed by atoms with Crippen molar-refractivity contribution in [2.45, 2.75) is 32.6 Å². The third kappa shape index (κ3) is 2.54. The topological polar surface area (TPSA) is 75.3 Å². The second-order valence-corrected chi connectivity index (χ2v) is 6.03. The number of urea groups is 1. The fraction of sp³-hybridized carbons (Fsp3) is 0.615. The van der Waals surface area contributed by atoms with Crippen LogP contribution in [0.25, 0.3) is 0 Å². The van der Waals surface area contributed by atoms with Gasteiger partial charge in [-0.05, 0) is 37.0 Å². The number of nitrogens with one attached hydrogen (secondary N) is 2. The van der Waals surface area contributed by atoms with Gasteiger partial charge in [0.2, 0.25) is 11.8 Å². The summed E-state index contributed by atoms with van der Waals surface area (Å²) in [6.45, 7) is 1.98. The minimum Gasteiger partial charge on any atom is -0.277 e. The smallest absolute Gasteiger partial charge is 0.277 e. The molecule has 5 nitrogen and oxygen atoms in total. The Kier molecular flexibility index (Phi) is 4.29. The van der Waals surface area contributed by atoms with Gasteiger partial charge in [-0.25, -0.2) is 4.79 Å². The van der Waals surface area contributed by atoms with E-state index in [9.17, 15) is 14.4 Å². The van der Waals surface area contributed by atoms with Crippen molar-refractivity contribution in [2.24, 2.45) is 5.41 Å². The summed E-state index contributed by atoms with van der Waals surface area (Å²) < 4.78 is 0. The van der Waals surface area contributed by atoms with Gasteiger partial charge in [0.1, 0.15) is 0 Å². The van der Waals surface area contributed by atoms with E-state index in [0.29, 0.717) is 5.75 Å². The number of imide groups is 2. The molecule has 0 aromatic heterocycles. The van der Waals surface area contributed by atoms with Gasteiger partial charge in [-0.1, -0.05) is 13.0 Å². The van der Waals surface area contributed by atoms with Crippen LogP contribution in [0.1, 0.15) is 32.6 Å². The van der Waals surface area contributed by atoms with Crippen molar-refractivity contribution >= 4 is 29.6 Å². The molecule has 0 saturated carbocycles. The first-order valence-corrected chi connectivity index (χ1v) is 7.71. The Hall–Kier alpha value is -1.30.